The Kier molecular flexibility index (Phi) is 6.02. The molecule has 6 nitrogen and oxygen atoms in total. The minimum Gasteiger partial charge on any atom is -0.326 e. The molecule has 1 unspecified atom stereocenters. The van der Waals surface area contributed by atoms with Gasteiger partial charge in [-0.2, -0.15) is 0 Å². The van der Waals surface area contributed by atoms with Crippen LogP contribution >= 0.6 is 22.9 Å². The first-order valence-electron chi connectivity index (χ1n) is 8.37. The zero-order valence-electron chi connectivity index (χ0n) is 15.1. The molecule has 28 heavy (non-hydrogen) atoms. The van der Waals surface area contributed by atoms with E-state index in [1.165, 1.54) is 6.07 Å². The molecule has 0 radical (unpaired) electrons. The Morgan fingerprint density at radius 1 is 1.14 bits per heavy atom. The second-order valence-electron chi connectivity index (χ2n) is 6.12. The maximum absolute atomic E-state index is 12.6. The van der Waals surface area contributed by atoms with Gasteiger partial charge in [-0.25, -0.2) is 13.4 Å². The van der Waals surface area contributed by atoms with Crippen molar-refractivity contribution in [3.05, 3.63) is 70.2 Å². The number of para-hydroxylation sites is 1. The maximum Gasteiger partial charge on any atom is 0.263 e. The van der Waals surface area contributed by atoms with Crippen LogP contribution in [0, 0.1) is 6.92 Å². The molecule has 1 amide bonds. The van der Waals surface area contributed by atoms with Crippen molar-refractivity contribution < 1.29 is 13.2 Å². The predicted molar refractivity (Wildman–Crippen MR) is 113 cm³/mol. The predicted octanol–water partition coefficient (Wildman–Crippen LogP) is 4.65. The van der Waals surface area contributed by atoms with Crippen LogP contribution in [0.3, 0.4) is 0 Å². The van der Waals surface area contributed by atoms with Crippen molar-refractivity contribution in [3.63, 3.8) is 0 Å². The number of hydrogen-bond acceptors (Lipinski definition) is 5. The fourth-order valence-electron chi connectivity index (χ4n) is 2.49. The molecule has 0 bridgehead atoms. The fraction of sp³-hybridized carbons (Fsp3) is 0.158. The molecule has 0 aliphatic heterocycles. The summed E-state index contributed by atoms with van der Waals surface area (Å²) >= 11 is 7.14. The summed E-state index contributed by atoms with van der Waals surface area (Å²) in [6.45, 7) is 3.35. The number of nitrogens with zero attached hydrogens (tertiary/aromatic N) is 1. The molecule has 0 spiro atoms. The summed E-state index contributed by atoms with van der Waals surface area (Å²) in [5.41, 5.74) is 1.63. The van der Waals surface area contributed by atoms with E-state index < -0.39 is 15.9 Å². The minimum atomic E-state index is -3.83. The molecule has 1 atom stereocenters. The third-order valence-corrected chi connectivity index (χ3v) is 6.93. The summed E-state index contributed by atoms with van der Waals surface area (Å²) in [5, 5.41) is 5.03. The van der Waals surface area contributed by atoms with E-state index in [0.717, 1.165) is 11.3 Å². The van der Waals surface area contributed by atoms with E-state index in [9.17, 15) is 13.2 Å². The summed E-state index contributed by atoms with van der Waals surface area (Å²) in [6.07, 6.45) is 0. The normalized spacial score (nSPS) is 12.4. The Bertz CT molecular complexity index is 1100. The molecule has 0 saturated heterocycles. The summed E-state index contributed by atoms with van der Waals surface area (Å²) in [6, 6.07) is 13.8. The minimum absolute atomic E-state index is 0.0895. The Labute approximate surface area is 172 Å². The summed E-state index contributed by atoms with van der Waals surface area (Å²) in [7, 11) is -3.83. The molecule has 1 heterocycles. The van der Waals surface area contributed by atoms with Gasteiger partial charge in [-0.05, 0) is 43.7 Å². The van der Waals surface area contributed by atoms with Gasteiger partial charge in [0, 0.05) is 16.1 Å². The molecule has 0 saturated carbocycles. The molecule has 1 aromatic heterocycles. The quantitative estimate of drug-likeness (QED) is 0.590. The molecular formula is C19H18ClN3O3S2. The number of rotatable bonds is 6. The van der Waals surface area contributed by atoms with Crippen molar-refractivity contribution in [2.75, 3.05) is 10.0 Å². The SMILES string of the molecule is Cc1c(Cl)cccc1S(=O)(=O)Nc1nc(C(C)C(=O)Nc2ccccc2)cs1. The second kappa shape index (κ2) is 8.30. The van der Waals surface area contributed by atoms with Crippen LogP contribution in [0.1, 0.15) is 24.1 Å². The van der Waals surface area contributed by atoms with E-state index in [1.807, 2.05) is 18.2 Å². The molecule has 2 N–H and O–H groups in total. The molecule has 0 aliphatic carbocycles. The fourth-order valence-corrected chi connectivity index (χ4v) is 5.04. The molecule has 0 aliphatic rings. The Morgan fingerprint density at radius 3 is 2.57 bits per heavy atom. The number of aromatic nitrogens is 1. The number of amides is 1. The third kappa shape index (κ3) is 4.52. The largest absolute Gasteiger partial charge is 0.326 e. The topological polar surface area (TPSA) is 88.2 Å². The van der Waals surface area contributed by atoms with E-state index in [-0.39, 0.29) is 15.9 Å². The highest BCUT2D eigenvalue weighted by atomic mass is 35.5. The lowest BCUT2D eigenvalue weighted by molar-refractivity contribution is -0.117. The van der Waals surface area contributed by atoms with Gasteiger partial charge in [-0.1, -0.05) is 35.9 Å². The zero-order chi connectivity index (χ0) is 20.3. The summed E-state index contributed by atoms with van der Waals surface area (Å²) < 4.78 is 27.7. The number of benzene rings is 2. The lowest BCUT2D eigenvalue weighted by atomic mass is 10.1. The molecule has 2 aromatic carbocycles. The lowest BCUT2D eigenvalue weighted by Crippen LogP contribution is -2.19. The first kappa shape index (κ1) is 20.3. The third-order valence-electron chi connectivity index (χ3n) is 4.13. The number of carbonyl (C=O) groups is 1. The zero-order valence-corrected chi connectivity index (χ0v) is 17.5. The lowest BCUT2D eigenvalue weighted by Gasteiger charge is -2.10. The monoisotopic (exact) mass is 435 g/mol. The first-order chi connectivity index (χ1) is 13.3. The van der Waals surface area contributed by atoms with Gasteiger partial charge < -0.3 is 5.32 Å². The molecule has 3 rings (SSSR count). The van der Waals surface area contributed by atoms with Gasteiger partial charge in [-0.3, -0.25) is 9.52 Å². The van der Waals surface area contributed by atoms with E-state index >= 15 is 0 Å². The average Bonchev–Trinajstić information content (AvgIpc) is 3.11. The van der Waals surface area contributed by atoms with Crippen LogP contribution in [0.4, 0.5) is 10.8 Å². The van der Waals surface area contributed by atoms with Crippen molar-refractivity contribution >= 4 is 49.7 Å². The van der Waals surface area contributed by atoms with Crippen LogP contribution in [-0.2, 0) is 14.8 Å². The van der Waals surface area contributed by atoms with E-state index in [2.05, 4.69) is 15.0 Å². The standard InChI is InChI=1S/C19H18ClN3O3S2/c1-12-15(20)9-6-10-17(12)28(25,26)23-19-22-16(11-27-19)13(2)18(24)21-14-7-4-3-5-8-14/h3-11,13H,1-2H3,(H,21,24)(H,22,23). The number of nitrogens with one attached hydrogen (secondary N) is 2. The van der Waals surface area contributed by atoms with Crippen LogP contribution in [-0.4, -0.2) is 19.3 Å². The number of halogens is 1. The summed E-state index contributed by atoms with van der Waals surface area (Å²) in [4.78, 5) is 16.8. The van der Waals surface area contributed by atoms with Crippen LogP contribution in [0.2, 0.25) is 5.02 Å². The Morgan fingerprint density at radius 2 is 1.86 bits per heavy atom. The van der Waals surface area contributed by atoms with Gasteiger partial charge in [-0.15, -0.1) is 11.3 Å². The van der Waals surface area contributed by atoms with Gasteiger partial charge >= 0.3 is 0 Å². The van der Waals surface area contributed by atoms with Crippen LogP contribution in [0.5, 0.6) is 0 Å². The van der Waals surface area contributed by atoms with Gasteiger partial charge in [0.25, 0.3) is 10.0 Å². The highest BCUT2D eigenvalue weighted by Gasteiger charge is 2.22. The van der Waals surface area contributed by atoms with Crippen LogP contribution < -0.4 is 10.0 Å². The molecule has 146 valence electrons. The van der Waals surface area contributed by atoms with Crippen molar-refractivity contribution in [2.45, 2.75) is 24.7 Å². The van der Waals surface area contributed by atoms with Gasteiger partial charge in [0.05, 0.1) is 16.5 Å². The van der Waals surface area contributed by atoms with E-state index in [0.29, 0.717) is 22.0 Å². The average molecular weight is 436 g/mol. The molecule has 0 fully saturated rings. The number of anilines is 2. The van der Waals surface area contributed by atoms with Gasteiger partial charge in [0.2, 0.25) is 5.91 Å². The number of hydrogen-bond donors (Lipinski definition) is 2. The maximum atomic E-state index is 12.6. The highest BCUT2D eigenvalue weighted by Crippen LogP contribution is 2.28. The van der Waals surface area contributed by atoms with Crippen LogP contribution in [0.15, 0.2) is 58.8 Å². The smallest absolute Gasteiger partial charge is 0.263 e. The molecular weight excluding hydrogens is 418 g/mol. The van der Waals surface area contributed by atoms with E-state index in [4.69, 9.17) is 11.6 Å². The van der Waals surface area contributed by atoms with Crippen molar-refractivity contribution in [1.82, 2.24) is 4.98 Å². The second-order valence-corrected chi connectivity index (χ2v) is 9.04. The number of thiazole rings is 1. The van der Waals surface area contributed by atoms with Gasteiger partial charge in [0.1, 0.15) is 0 Å². The van der Waals surface area contributed by atoms with Crippen molar-refractivity contribution in [2.24, 2.45) is 0 Å². The van der Waals surface area contributed by atoms with Crippen molar-refractivity contribution in [1.29, 1.82) is 0 Å². The molecule has 3 aromatic rings. The van der Waals surface area contributed by atoms with Gasteiger partial charge in [0.15, 0.2) is 5.13 Å². The first-order valence-corrected chi connectivity index (χ1v) is 11.1. The highest BCUT2D eigenvalue weighted by molar-refractivity contribution is 7.93. The number of carbonyl (C=O) groups excluding carboxylic acids is 1. The number of sulfonamides is 1. The molecule has 9 heteroatoms. The van der Waals surface area contributed by atoms with Crippen LogP contribution in [0.25, 0.3) is 0 Å². The Hall–Kier alpha value is -2.42. The van der Waals surface area contributed by atoms with Crippen molar-refractivity contribution in [3.8, 4) is 0 Å². The summed E-state index contributed by atoms with van der Waals surface area (Å²) in [5.74, 6) is -0.765. The van der Waals surface area contributed by atoms with E-state index in [1.54, 1.807) is 43.5 Å². The Balaban J connectivity index is 1.74.